The number of allylic oxidation sites excluding steroid dienone is 1. The first-order valence-electron chi connectivity index (χ1n) is 3.58. The Hall–Kier alpha value is -0.790. The van der Waals surface area contributed by atoms with Gasteiger partial charge in [-0.05, 0) is 25.3 Å². The van der Waals surface area contributed by atoms with Crippen molar-refractivity contribution in [2.75, 3.05) is 6.61 Å². The quantitative estimate of drug-likeness (QED) is 0.583. The van der Waals surface area contributed by atoms with Gasteiger partial charge < -0.3 is 4.74 Å². The molecule has 0 radical (unpaired) electrons. The Morgan fingerprint density at radius 3 is 3.10 bits per heavy atom. The van der Waals surface area contributed by atoms with Gasteiger partial charge in [0.25, 0.3) is 0 Å². The van der Waals surface area contributed by atoms with Crippen LogP contribution in [0, 0.1) is 0 Å². The number of Topliss-reactive ketones (excluding diaryl/α,β-unsaturated/α-hetero) is 1. The lowest BCUT2D eigenvalue weighted by molar-refractivity contribution is -0.116. The summed E-state index contributed by atoms with van der Waals surface area (Å²) in [6.45, 7) is 2.41. The average Bonchev–Trinajstić information content (AvgIpc) is 1.88. The molecule has 0 spiro atoms. The summed E-state index contributed by atoms with van der Waals surface area (Å²) in [5.74, 6) is 0.219. The van der Waals surface area contributed by atoms with Crippen LogP contribution in [0.3, 0.4) is 0 Å². The van der Waals surface area contributed by atoms with E-state index in [1.165, 1.54) is 0 Å². The van der Waals surface area contributed by atoms with E-state index in [1.807, 2.05) is 0 Å². The summed E-state index contributed by atoms with van der Waals surface area (Å²) in [5, 5.41) is 0. The molecular formula is C8H12O2. The van der Waals surface area contributed by atoms with Gasteiger partial charge in [-0.1, -0.05) is 0 Å². The normalized spacial score (nSPS) is 17.5. The van der Waals surface area contributed by atoms with Crippen LogP contribution in [0.1, 0.15) is 26.2 Å². The van der Waals surface area contributed by atoms with Gasteiger partial charge in [-0.2, -0.15) is 0 Å². The van der Waals surface area contributed by atoms with Gasteiger partial charge in [-0.3, -0.25) is 4.79 Å². The van der Waals surface area contributed by atoms with Crippen LogP contribution in [0.25, 0.3) is 0 Å². The maximum Gasteiger partial charge on any atom is 0.133 e. The van der Waals surface area contributed by atoms with Crippen molar-refractivity contribution in [2.45, 2.75) is 26.2 Å². The van der Waals surface area contributed by atoms with Gasteiger partial charge in [0.05, 0.1) is 12.9 Å². The molecule has 1 rings (SSSR count). The number of carbonyl (C=O) groups excluding carboxylic acids is 1. The van der Waals surface area contributed by atoms with Crippen molar-refractivity contribution >= 4 is 5.78 Å². The first-order valence-corrected chi connectivity index (χ1v) is 3.58. The molecule has 0 unspecified atom stereocenters. The summed E-state index contributed by atoms with van der Waals surface area (Å²) in [4.78, 5) is 10.6. The molecule has 0 aliphatic carbocycles. The van der Waals surface area contributed by atoms with Gasteiger partial charge in [-0.25, -0.2) is 0 Å². The van der Waals surface area contributed by atoms with Crippen LogP contribution < -0.4 is 0 Å². The van der Waals surface area contributed by atoms with Crippen LogP contribution in [0.2, 0.25) is 0 Å². The fourth-order valence-electron chi connectivity index (χ4n) is 1.07. The predicted molar refractivity (Wildman–Crippen MR) is 38.6 cm³/mol. The SMILES string of the molecule is CC(=O)CC1=COCCC1. The summed E-state index contributed by atoms with van der Waals surface area (Å²) < 4.78 is 5.07. The third-order valence-corrected chi connectivity index (χ3v) is 1.49. The smallest absolute Gasteiger partial charge is 0.133 e. The maximum atomic E-state index is 10.6. The Bertz CT molecular complexity index is 159. The van der Waals surface area contributed by atoms with Crippen LogP contribution in [-0.2, 0) is 9.53 Å². The summed E-state index contributed by atoms with van der Waals surface area (Å²) in [6.07, 6.45) is 4.38. The molecule has 0 fully saturated rings. The molecule has 0 aromatic heterocycles. The highest BCUT2D eigenvalue weighted by Gasteiger charge is 2.05. The lowest BCUT2D eigenvalue weighted by atomic mass is 10.1. The van der Waals surface area contributed by atoms with E-state index in [9.17, 15) is 4.79 Å². The third kappa shape index (κ3) is 2.21. The Labute approximate surface area is 60.9 Å². The molecular weight excluding hydrogens is 128 g/mol. The highest BCUT2D eigenvalue weighted by molar-refractivity contribution is 5.78. The molecule has 0 bridgehead atoms. The Morgan fingerprint density at radius 2 is 2.60 bits per heavy atom. The second-order valence-corrected chi connectivity index (χ2v) is 2.63. The van der Waals surface area contributed by atoms with Gasteiger partial charge in [0, 0.05) is 6.42 Å². The van der Waals surface area contributed by atoms with E-state index in [0.29, 0.717) is 6.42 Å². The first kappa shape index (κ1) is 7.32. The lowest BCUT2D eigenvalue weighted by Gasteiger charge is -2.11. The predicted octanol–water partition coefficient (Wildman–Crippen LogP) is 1.66. The molecule has 0 aromatic carbocycles. The van der Waals surface area contributed by atoms with E-state index < -0.39 is 0 Å². The number of hydrogen-bond acceptors (Lipinski definition) is 2. The Balaban J connectivity index is 2.38. The maximum absolute atomic E-state index is 10.6. The molecule has 1 aliphatic rings. The number of ether oxygens (including phenoxy) is 1. The zero-order valence-electron chi connectivity index (χ0n) is 6.22. The molecule has 56 valence electrons. The van der Waals surface area contributed by atoms with E-state index in [4.69, 9.17) is 4.74 Å². The van der Waals surface area contributed by atoms with Crippen molar-refractivity contribution < 1.29 is 9.53 Å². The largest absolute Gasteiger partial charge is 0.501 e. The standard InChI is InChI=1S/C8H12O2/c1-7(9)5-8-3-2-4-10-6-8/h6H,2-5H2,1H3. The van der Waals surface area contributed by atoms with Gasteiger partial charge in [-0.15, -0.1) is 0 Å². The number of carbonyl (C=O) groups is 1. The van der Waals surface area contributed by atoms with Crippen molar-refractivity contribution in [3.63, 3.8) is 0 Å². The minimum atomic E-state index is 0.219. The topological polar surface area (TPSA) is 26.3 Å². The molecule has 2 nitrogen and oxygen atoms in total. The van der Waals surface area contributed by atoms with Crippen LogP contribution in [-0.4, -0.2) is 12.4 Å². The van der Waals surface area contributed by atoms with Crippen molar-refractivity contribution in [1.82, 2.24) is 0 Å². The molecule has 0 aromatic rings. The number of hydrogen-bond donors (Lipinski definition) is 0. The van der Waals surface area contributed by atoms with E-state index >= 15 is 0 Å². The average molecular weight is 140 g/mol. The number of ketones is 1. The monoisotopic (exact) mass is 140 g/mol. The minimum absolute atomic E-state index is 0.219. The van der Waals surface area contributed by atoms with Gasteiger partial charge in [0.2, 0.25) is 0 Å². The molecule has 10 heavy (non-hydrogen) atoms. The zero-order valence-corrected chi connectivity index (χ0v) is 6.22. The molecule has 0 amide bonds. The highest BCUT2D eigenvalue weighted by Crippen LogP contribution is 2.14. The van der Waals surface area contributed by atoms with E-state index in [0.717, 1.165) is 25.0 Å². The van der Waals surface area contributed by atoms with E-state index in [2.05, 4.69) is 0 Å². The van der Waals surface area contributed by atoms with Gasteiger partial charge in [0.15, 0.2) is 0 Å². The molecule has 1 aliphatic heterocycles. The third-order valence-electron chi connectivity index (χ3n) is 1.49. The summed E-state index contributed by atoms with van der Waals surface area (Å²) >= 11 is 0. The van der Waals surface area contributed by atoms with Crippen LogP contribution in [0.5, 0.6) is 0 Å². The molecule has 0 N–H and O–H groups in total. The number of rotatable bonds is 2. The fraction of sp³-hybridized carbons (Fsp3) is 0.625. The zero-order chi connectivity index (χ0) is 7.40. The second kappa shape index (κ2) is 3.40. The van der Waals surface area contributed by atoms with Crippen molar-refractivity contribution in [2.24, 2.45) is 0 Å². The summed E-state index contributed by atoms with van der Waals surface area (Å²) in [7, 11) is 0. The van der Waals surface area contributed by atoms with Crippen LogP contribution in [0.15, 0.2) is 11.8 Å². The molecule has 0 saturated heterocycles. The van der Waals surface area contributed by atoms with Crippen molar-refractivity contribution in [3.05, 3.63) is 11.8 Å². The second-order valence-electron chi connectivity index (χ2n) is 2.63. The first-order chi connectivity index (χ1) is 4.79. The van der Waals surface area contributed by atoms with Crippen molar-refractivity contribution in [3.8, 4) is 0 Å². The minimum Gasteiger partial charge on any atom is -0.501 e. The molecule has 0 atom stereocenters. The highest BCUT2D eigenvalue weighted by atomic mass is 16.5. The Kier molecular flexibility index (Phi) is 2.49. The molecule has 0 saturated carbocycles. The van der Waals surface area contributed by atoms with E-state index in [-0.39, 0.29) is 5.78 Å². The Morgan fingerprint density at radius 1 is 1.80 bits per heavy atom. The molecule has 2 heteroatoms. The lowest BCUT2D eigenvalue weighted by Crippen LogP contribution is -2.02. The summed E-state index contributed by atoms with van der Waals surface area (Å²) in [6, 6.07) is 0. The van der Waals surface area contributed by atoms with E-state index in [1.54, 1.807) is 13.2 Å². The van der Waals surface area contributed by atoms with Crippen LogP contribution >= 0.6 is 0 Å². The van der Waals surface area contributed by atoms with Crippen LogP contribution in [0.4, 0.5) is 0 Å². The van der Waals surface area contributed by atoms with Crippen molar-refractivity contribution in [1.29, 1.82) is 0 Å². The van der Waals surface area contributed by atoms with Gasteiger partial charge >= 0.3 is 0 Å². The molecule has 1 heterocycles. The van der Waals surface area contributed by atoms with Gasteiger partial charge in [0.1, 0.15) is 5.78 Å². The summed E-state index contributed by atoms with van der Waals surface area (Å²) in [5.41, 5.74) is 1.14. The fourth-order valence-corrected chi connectivity index (χ4v) is 1.07.